The van der Waals surface area contributed by atoms with E-state index in [0.717, 1.165) is 25.3 Å². The summed E-state index contributed by atoms with van der Waals surface area (Å²) in [5.41, 5.74) is 2.71. The highest BCUT2D eigenvalue weighted by atomic mass is 16.5. The van der Waals surface area contributed by atoms with Crippen molar-refractivity contribution in [2.24, 2.45) is 0 Å². The predicted octanol–water partition coefficient (Wildman–Crippen LogP) is 2.44. The zero-order chi connectivity index (χ0) is 13.7. The lowest BCUT2D eigenvalue weighted by atomic mass is 10.0. The third-order valence-electron chi connectivity index (χ3n) is 4.06. The number of hydrogen-bond acceptors (Lipinski definition) is 3. The third-order valence-corrected chi connectivity index (χ3v) is 4.06. The summed E-state index contributed by atoms with van der Waals surface area (Å²) in [5.74, 6) is 1.02. The van der Waals surface area contributed by atoms with Gasteiger partial charge >= 0.3 is 0 Å². The van der Waals surface area contributed by atoms with Crippen molar-refractivity contribution in [3.8, 4) is 5.75 Å². The Morgan fingerprint density at radius 2 is 2.26 bits per heavy atom. The van der Waals surface area contributed by atoms with Crippen LogP contribution in [0.3, 0.4) is 0 Å². The van der Waals surface area contributed by atoms with Crippen LogP contribution in [0, 0.1) is 0 Å². The molecule has 0 radical (unpaired) electrons. The number of likely N-dealkylation sites (N-methyl/N-ethyl adjacent to an activating group) is 1. The molecule has 1 fully saturated rings. The molecular formula is C16H26N2O. The van der Waals surface area contributed by atoms with E-state index in [0.29, 0.717) is 6.04 Å². The molecule has 1 aromatic carbocycles. The summed E-state index contributed by atoms with van der Waals surface area (Å²) < 4.78 is 5.50. The zero-order valence-electron chi connectivity index (χ0n) is 12.4. The van der Waals surface area contributed by atoms with Crippen LogP contribution in [0.2, 0.25) is 0 Å². The maximum Gasteiger partial charge on any atom is 0.123 e. The van der Waals surface area contributed by atoms with Gasteiger partial charge in [0.15, 0.2) is 0 Å². The SMILES string of the molecule is CCc1ccc(OC)c(CN2CCCC(NC)C2)c1. The molecule has 1 aliphatic rings. The molecule has 0 aromatic heterocycles. The highest BCUT2D eigenvalue weighted by Crippen LogP contribution is 2.23. The zero-order valence-corrected chi connectivity index (χ0v) is 12.4. The minimum Gasteiger partial charge on any atom is -0.496 e. The molecule has 1 atom stereocenters. The predicted molar refractivity (Wildman–Crippen MR) is 79.7 cm³/mol. The van der Waals surface area contributed by atoms with Gasteiger partial charge in [0.25, 0.3) is 0 Å². The molecule has 3 nitrogen and oxygen atoms in total. The lowest BCUT2D eigenvalue weighted by molar-refractivity contribution is 0.186. The van der Waals surface area contributed by atoms with Crippen LogP contribution >= 0.6 is 0 Å². The summed E-state index contributed by atoms with van der Waals surface area (Å²) >= 11 is 0. The number of likely N-dealkylation sites (tertiary alicyclic amines) is 1. The molecular weight excluding hydrogens is 236 g/mol. The average Bonchev–Trinajstić information content (AvgIpc) is 2.47. The molecule has 106 valence electrons. The van der Waals surface area contributed by atoms with Gasteiger partial charge in [0.2, 0.25) is 0 Å². The monoisotopic (exact) mass is 262 g/mol. The van der Waals surface area contributed by atoms with Gasteiger partial charge in [-0.3, -0.25) is 4.90 Å². The van der Waals surface area contributed by atoms with Crippen molar-refractivity contribution < 1.29 is 4.74 Å². The Morgan fingerprint density at radius 1 is 1.42 bits per heavy atom. The first-order chi connectivity index (χ1) is 9.26. The Bertz CT molecular complexity index is 406. The van der Waals surface area contributed by atoms with E-state index in [4.69, 9.17) is 4.74 Å². The van der Waals surface area contributed by atoms with E-state index in [2.05, 4.69) is 42.4 Å². The number of nitrogens with one attached hydrogen (secondary N) is 1. The summed E-state index contributed by atoms with van der Waals surface area (Å²) in [7, 11) is 3.82. The highest BCUT2D eigenvalue weighted by Gasteiger charge is 2.19. The van der Waals surface area contributed by atoms with Crippen LogP contribution in [0.15, 0.2) is 18.2 Å². The number of ether oxygens (including phenoxy) is 1. The van der Waals surface area contributed by atoms with E-state index in [1.54, 1.807) is 7.11 Å². The van der Waals surface area contributed by atoms with Gasteiger partial charge in [-0.15, -0.1) is 0 Å². The fraction of sp³-hybridized carbons (Fsp3) is 0.625. The number of hydrogen-bond donors (Lipinski definition) is 1. The lowest BCUT2D eigenvalue weighted by Crippen LogP contribution is -2.43. The van der Waals surface area contributed by atoms with Crippen molar-refractivity contribution in [3.63, 3.8) is 0 Å². The van der Waals surface area contributed by atoms with E-state index in [1.165, 1.54) is 30.5 Å². The largest absolute Gasteiger partial charge is 0.496 e. The fourth-order valence-electron chi connectivity index (χ4n) is 2.85. The molecule has 0 saturated carbocycles. The van der Waals surface area contributed by atoms with E-state index in [9.17, 15) is 0 Å². The molecule has 1 N–H and O–H groups in total. The summed E-state index contributed by atoms with van der Waals surface area (Å²) in [6, 6.07) is 7.19. The summed E-state index contributed by atoms with van der Waals surface area (Å²) in [5, 5.41) is 3.40. The van der Waals surface area contributed by atoms with Crippen molar-refractivity contribution in [1.82, 2.24) is 10.2 Å². The van der Waals surface area contributed by atoms with Gasteiger partial charge in [0.05, 0.1) is 7.11 Å². The third kappa shape index (κ3) is 3.71. The standard InChI is InChI=1S/C16H26N2O/c1-4-13-7-8-16(19-3)14(10-13)11-18-9-5-6-15(12-18)17-2/h7-8,10,15,17H,4-6,9,11-12H2,1-3H3. The van der Waals surface area contributed by atoms with Crippen LogP contribution in [0.1, 0.15) is 30.9 Å². The van der Waals surface area contributed by atoms with Crippen molar-refractivity contribution >= 4 is 0 Å². The molecule has 19 heavy (non-hydrogen) atoms. The maximum absolute atomic E-state index is 5.50. The van der Waals surface area contributed by atoms with Crippen LogP contribution < -0.4 is 10.1 Å². The molecule has 1 aliphatic heterocycles. The summed E-state index contributed by atoms with van der Waals surface area (Å²) in [6.45, 7) is 5.52. The van der Waals surface area contributed by atoms with Gasteiger partial charge in [-0.05, 0) is 44.5 Å². The Kier molecular flexibility index (Phi) is 5.23. The second-order valence-corrected chi connectivity index (χ2v) is 5.36. The van der Waals surface area contributed by atoms with Crippen LogP contribution in [-0.2, 0) is 13.0 Å². The molecule has 0 bridgehead atoms. The number of aryl methyl sites for hydroxylation is 1. The van der Waals surface area contributed by atoms with Crippen molar-refractivity contribution in [2.45, 2.75) is 38.8 Å². The maximum atomic E-state index is 5.50. The highest BCUT2D eigenvalue weighted by molar-refractivity contribution is 5.37. The first kappa shape index (κ1) is 14.4. The minimum atomic E-state index is 0.633. The van der Waals surface area contributed by atoms with Crippen LogP contribution in [0.5, 0.6) is 5.75 Å². The molecule has 3 heteroatoms. The van der Waals surface area contributed by atoms with Gasteiger partial charge in [0, 0.05) is 24.7 Å². The van der Waals surface area contributed by atoms with Gasteiger partial charge in [-0.1, -0.05) is 19.1 Å². The van der Waals surface area contributed by atoms with E-state index in [-0.39, 0.29) is 0 Å². The average molecular weight is 262 g/mol. The Balaban J connectivity index is 2.08. The second kappa shape index (κ2) is 6.92. The normalized spacial score (nSPS) is 20.5. The molecule has 1 heterocycles. The number of rotatable bonds is 5. The second-order valence-electron chi connectivity index (χ2n) is 5.36. The smallest absolute Gasteiger partial charge is 0.123 e. The van der Waals surface area contributed by atoms with Crippen molar-refractivity contribution in [1.29, 1.82) is 0 Å². The van der Waals surface area contributed by atoms with Gasteiger partial charge in [-0.25, -0.2) is 0 Å². The van der Waals surface area contributed by atoms with Gasteiger partial charge in [-0.2, -0.15) is 0 Å². The first-order valence-electron chi connectivity index (χ1n) is 7.32. The molecule has 0 aliphatic carbocycles. The van der Waals surface area contributed by atoms with E-state index >= 15 is 0 Å². The Labute approximate surface area is 116 Å². The molecule has 2 rings (SSSR count). The molecule has 0 spiro atoms. The minimum absolute atomic E-state index is 0.633. The van der Waals surface area contributed by atoms with Crippen molar-refractivity contribution in [3.05, 3.63) is 29.3 Å². The summed E-state index contributed by atoms with van der Waals surface area (Å²) in [6.07, 6.45) is 3.65. The molecule has 0 amide bonds. The summed E-state index contributed by atoms with van der Waals surface area (Å²) in [4.78, 5) is 2.53. The lowest BCUT2D eigenvalue weighted by Gasteiger charge is -2.32. The van der Waals surface area contributed by atoms with Crippen molar-refractivity contribution in [2.75, 3.05) is 27.2 Å². The van der Waals surface area contributed by atoms with E-state index < -0.39 is 0 Å². The van der Waals surface area contributed by atoms with Crippen LogP contribution in [0.4, 0.5) is 0 Å². The van der Waals surface area contributed by atoms with Gasteiger partial charge in [0.1, 0.15) is 5.75 Å². The Hall–Kier alpha value is -1.06. The molecule has 1 unspecified atom stereocenters. The molecule has 1 aromatic rings. The number of nitrogens with zero attached hydrogens (tertiary/aromatic N) is 1. The quantitative estimate of drug-likeness (QED) is 0.882. The number of piperidine rings is 1. The molecule has 1 saturated heterocycles. The Morgan fingerprint density at radius 3 is 2.95 bits per heavy atom. The van der Waals surface area contributed by atoms with Gasteiger partial charge < -0.3 is 10.1 Å². The fourth-order valence-corrected chi connectivity index (χ4v) is 2.85. The van der Waals surface area contributed by atoms with Crippen LogP contribution in [0.25, 0.3) is 0 Å². The first-order valence-corrected chi connectivity index (χ1v) is 7.32. The number of benzene rings is 1. The van der Waals surface area contributed by atoms with Crippen LogP contribution in [-0.4, -0.2) is 38.2 Å². The topological polar surface area (TPSA) is 24.5 Å². The van der Waals surface area contributed by atoms with E-state index in [1.807, 2.05) is 0 Å². The number of methoxy groups -OCH3 is 1.